The predicted molar refractivity (Wildman–Crippen MR) is 108 cm³/mol. The Morgan fingerprint density at radius 2 is 1.85 bits per heavy atom. The maximum Gasteiger partial charge on any atom is 0.245 e. The van der Waals surface area contributed by atoms with Crippen molar-refractivity contribution in [1.29, 1.82) is 0 Å². The molecule has 0 saturated carbocycles. The van der Waals surface area contributed by atoms with Gasteiger partial charge in [0.2, 0.25) is 15.9 Å². The number of carbonyl (C=O) groups excluding carboxylic acids is 1. The van der Waals surface area contributed by atoms with Crippen LogP contribution in [0.25, 0.3) is 0 Å². The molecule has 2 rings (SSSR count). The second-order valence-electron chi connectivity index (χ2n) is 6.49. The van der Waals surface area contributed by atoms with Gasteiger partial charge in [-0.05, 0) is 42.2 Å². The fraction of sp³-hybridized carbons (Fsp3) is 0.316. The molecule has 0 aliphatic rings. The number of nitrogens with zero attached hydrogens (tertiary/aromatic N) is 1. The van der Waals surface area contributed by atoms with Crippen molar-refractivity contribution in [2.24, 2.45) is 0 Å². The minimum absolute atomic E-state index is 0.230. The Morgan fingerprint density at radius 3 is 2.42 bits per heavy atom. The number of nitrogens with one attached hydrogen (secondary N) is 1. The van der Waals surface area contributed by atoms with Crippen molar-refractivity contribution < 1.29 is 13.2 Å². The average molecular weight is 395 g/mol. The molecule has 0 heterocycles. The monoisotopic (exact) mass is 394 g/mol. The number of hydrogen-bond donors (Lipinski definition) is 1. The average Bonchev–Trinajstić information content (AvgIpc) is 2.54. The van der Waals surface area contributed by atoms with Crippen LogP contribution in [0, 0.1) is 6.92 Å². The highest BCUT2D eigenvalue weighted by molar-refractivity contribution is 7.92. The van der Waals surface area contributed by atoms with Crippen LogP contribution < -0.4 is 9.62 Å². The number of sulfonamides is 1. The number of rotatable bonds is 6. The summed E-state index contributed by atoms with van der Waals surface area (Å²) in [5.41, 5.74) is 2.86. The second-order valence-corrected chi connectivity index (χ2v) is 8.81. The number of carbonyl (C=O) groups is 1. The zero-order valence-electron chi connectivity index (χ0n) is 15.3. The Labute approximate surface area is 160 Å². The molecule has 140 valence electrons. The van der Waals surface area contributed by atoms with Gasteiger partial charge in [-0.15, -0.1) is 0 Å². The third-order valence-corrected chi connectivity index (χ3v) is 5.54. The Morgan fingerprint density at radius 1 is 1.19 bits per heavy atom. The molecule has 2 aromatic carbocycles. The largest absolute Gasteiger partial charge is 0.324 e. The fourth-order valence-corrected chi connectivity index (χ4v) is 3.59. The van der Waals surface area contributed by atoms with Gasteiger partial charge in [0.25, 0.3) is 0 Å². The summed E-state index contributed by atoms with van der Waals surface area (Å²) in [6, 6.07) is 12.4. The molecule has 2 aromatic rings. The van der Waals surface area contributed by atoms with Gasteiger partial charge in [-0.1, -0.05) is 49.7 Å². The Kier molecular flexibility index (Phi) is 6.31. The van der Waals surface area contributed by atoms with Crippen LogP contribution in [0.4, 0.5) is 11.4 Å². The van der Waals surface area contributed by atoms with E-state index in [1.165, 1.54) is 0 Å². The van der Waals surface area contributed by atoms with Crippen LogP contribution in [-0.2, 0) is 14.8 Å². The SMILES string of the molecule is Cc1ccc(N(CC(=O)Nc2ccccc2C(C)C)S(C)(=O)=O)cc1Cl. The number of amides is 1. The van der Waals surface area contributed by atoms with E-state index in [1.807, 2.05) is 39.0 Å². The first-order chi connectivity index (χ1) is 12.1. The number of para-hydroxylation sites is 1. The summed E-state index contributed by atoms with van der Waals surface area (Å²) in [7, 11) is -3.65. The van der Waals surface area contributed by atoms with Crippen LogP contribution in [0.15, 0.2) is 42.5 Å². The first kappa shape index (κ1) is 20.3. The molecule has 0 aliphatic heterocycles. The Balaban J connectivity index is 2.27. The van der Waals surface area contributed by atoms with Gasteiger partial charge in [-0.25, -0.2) is 8.42 Å². The molecular weight excluding hydrogens is 372 g/mol. The molecule has 1 N–H and O–H groups in total. The van der Waals surface area contributed by atoms with E-state index in [0.29, 0.717) is 16.4 Å². The summed E-state index contributed by atoms with van der Waals surface area (Å²) in [6.45, 7) is 5.56. The number of hydrogen-bond acceptors (Lipinski definition) is 3. The molecule has 5 nitrogen and oxygen atoms in total. The zero-order valence-corrected chi connectivity index (χ0v) is 16.9. The molecule has 26 heavy (non-hydrogen) atoms. The molecule has 0 aliphatic carbocycles. The van der Waals surface area contributed by atoms with Crippen LogP contribution in [0.5, 0.6) is 0 Å². The Hall–Kier alpha value is -2.05. The zero-order chi connectivity index (χ0) is 19.5. The van der Waals surface area contributed by atoms with Crippen LogP contribution in [0.2, 0.25) is 5.02 Å². The van der Waals surface area contributed by atoms with Crippen LogP contribution in [-0.4, -0.2) is 27.1 Å². The summed E-state index contributed by atoms with van der Waals surface area (Å²) in [5, 5.41) is 3.26. The second kappa shape index (κ2) is 8.10. The molecule has 0 unspecified atom stereocenters. The van der Waals surface area contributed by atoms with Gasteiger partial charge < -0.3 is 5.32 Å². The van der Waals surface area contributed by atoms with Gasteiger partial charge in [0.05, 0.1) is 11.9 Å². The maximum absolute atomic E-state index is 12.5. The van der Waals surface area contributed by atoms with Gasteiger partial charge in [0.15, 0.2) is 0 Å². The molecular formula is C19H23ClN2O3S. The highest BCUT2D eigenvalue weighted by atomic mass is 35.5. The number of halogens is 1. The molecule has 1 amide bonds. The quantitative estimate of drug-likeness (QED) is 0.799. The summed E-state index contributed by atoms with van der Waals surface area (Å²) in [4.78, 5) is 12.5. The van der Waals surface area contributed by atoms with E-state index in [4.69, 9.17) is 11.6 Å². The van der Waals surface area contributed by atoms with Gasteiger partial charge in [-0.2, -0.15) is 0 Å². The van der Waals surface area contributed by atoms with E-state index < -0.39 is 15.9 Å². The van der Waals surface area contributed by atoms with Crippen molar-refractivity contribution in [1.82, 2.24) is 0 Å². The first-order valence-corrected chi connectivity index (χ1v) is 10.4. The normalized spacial score (nSPS) is 11.5. The molecule has 0 spiro atoms. The van der Waals surface area contributed by atoms with Crippen LogP contribution in [0.1, 0.15) is 30.9 Å². The third kappa shape index (κ3) is 4.99. The lowest BCUT2D eigenvalue weighted by atomic mass is 10.0. The maximum atomic E-state index is 12.5. The highest BCUT2D eigenvalue weighted by Gasteiger charge is 2.22. The number of anilines is 2. The summed E-state index contributed by atoms with van der Waals surface area (Å²) >= 11 is 6.11. The summed E-state index contributed by atoms with van der Waals surface area (Å²) < 4.78 is 25.4. The number of aryl methyl sites for hydroxylation is 1. The lowest BCUT2D eigenvalue weighted by Gasteiger charge is -2.23. The smallest absolute Gasteiger partial charge is 0.245 e. The van der Waals surface area contributed by atoms with E-state index in [1.54, 1.807) is 24.3 Å². The predicted octanol–water partition coefficient (Wildman–Crippen LogP) is 4.18. The molecule has 0 aromatic heterocycles. The van der Waals surface area contributed by atoms with E-state index in [2.05, 4.69) is 5.32 Å². The standard InChI is InChI=1S/C19H23ClN2O3S/c1-13(2)16-7-5-6-8-18(16)21-19(23)12-22(26(4,24)25)15-10-9-14(3)17(20)11-15/h5-11,13H,12H2,1-4H3,(H,21,23). The van der Waals surface area contributed by atoms with Crippen molar-refractivity contribution in [2.75, 3.05) is 22.4 Å². The molecule has 0 radical (unpaired) electrons. The van der Waals surface area contributed by atoms with Crippen LogP contribution >= 0.6 is 11.6 Å². The molecule has 0 saturated heterocycles. The minimum atomic E-state index is -3.65. The van der Waals surface area contributed by atoms with Gasteiger partial charge in [-0.3, -0.25) is 9.10 Å². The minimum Gasteiger partial charge on any atom is -0.324 e. The molecule has 7 heteroatoms. The lowest BCUT2D eigenvalue weighted by molar-refractivity contribution is -0.114. The first-order valence-electron chi connectivity index (χ1n) is 8.22. The van der Waals surface area contributed by atoms with Crippen LogP contribution in [0.3, 0.4) is 0 Å². The fourth-order valence-electron chi connectivity index (χ4n) is 2.57. The highest BCUT2D eigenvalue weighted by Crippen LogP contribution is 2.26. The van der Waals surface area contributed by atoms with Gasteiger partial charge in [0, 0.05) is 10.7 Å². The van der Waals surface area contributed by atoms with E-state index >= 15 is 0 Å². The van der Waals surface area contributed by atoms with Crippen molar-refractivity contribution >= 4 is 38.9 Å². The van der Waals surface area contributed by atoms with Crippen molar-refractivity contribution in [3.8, 4) is 0 Å². The lowest BCUT2D eigenvalue weighted by Crippen LogP contribution is -2.37. The van der Waals surface area contributed by atoms with Gasteiger partial charge in [0.1, 0.15) is 6.54 Å². The number of benzene rings is 2. The summed E-state index contributed by atoms with van der Waals surface area (Å²) in [5.74, 6) is -0.186. The topological polar surface area (TPSA) is 66.5 Å². The third-order valence-electron chi connectivity index (χ3n) is 3.99. The molecule has 0 fully saturated rings. The molecule has 0 bridgehead atoms. The van der Waals surface area contributed by atoms with E-state index in [9.17, 15) is 13.2 Å². The summed E-state index contributed by atoms with van der Waals surface area (Å²) in [6.07, 6.45) is 1.07. The molecule has 0 atom stereocenters. The van der Waals surface area contributed by atoms with Gasteiger partial charge >= 0.3 is 0 Å². The van der Waals surface area contributed by atoms with E-state index in [-0.39, 0.29) is 12.5 Å². The van der Waals surface area contributed by atoms with Crippen molar-refractivity contribution in [3.05, 3.63) is 58.6 Å². The van der Waals surface area contributed by atoms with Crippen molar-refractivity contribution in [2.45, 2.75) is 26.7 Å². The van der Waals surface area contributed by atoms with Crippen molar-refractivity contribution in [3.63, 3.8) is 0 Å². The Bertz CT molecular complexity index is 911. The van der Waals surface area contributed by atoms with E-state index in [0.717, 1.165) is 21.7 Å².